The zero-order valence-corrected chi connectivity index (χ0v) is 8.70. The molecule has 0 bridgehead atoms. The van der Waals surface area contributed by atoms with E-state index >= 15 is 0 Å². The van der Waals surface area contributed by atoms with E-state index in [1.807, 2.05) is 0 Å². The van der Waals surface area contributed by atoms with Crippen molar-refractivity contribution in [2.75, 3.05) is 0 Å². The standard InChI is InChI=1S/C8H4F6N2O3/c9-7(10,11)6(8(12,13)14)19-5-2-1-4(3-15-5)16(17)18/h1-3,6H. The first kappa shape index (κ1) is 15.0. The van der Waals surface area contributed by atoms with E-state index in [4.69, 9.17) is 0 Å². The lowest BCUT2D eigenvalue weighted by atomic mass is 10.3. The largest absolute Gasteiger partial charge is 0.455 e. The van der Waals surface area contributed by atoms with E-state index in [-0.39, 0.29) is 0 Å². The fourth-order valence-electron chi connectivity index (χ4n) is 0.990. The summed E-state index contributed by atoms with van der Waals surface area (Å²) >= 11 is 0. The molecule has 1 heterocycles. The second kappa shape index (κ2) is 4.90. The highest BCUT2D eigenvalue weighted by Gasteiger charge is 2.59. The van der Waals surface area contributed by atoms with Crippen LogP contribution in [-0.4, -0.2) is 28.4 Å². The summed E-state index contributed by atoms with van der Waals surface area (Å²) in [5.41, 5.74) is -0.595. The molecule has 5 nitrogen and oxygen atoms in total. The molecule has 11 heteroatoms. The molecule has 19 heavy (non-hydrogen) atoms. The molecule has 1 aromatic rings. The molecule has 0 unspecified atom stereocenters. The third-order valence-electron chi connectivity index (χ3n) is 1.76. The van der Waals surface area contributed by atoms with Crippen molar-refractivity contribution >= 4 is 5.69 Å². The summed E-state index contributed by atoms with van der Waals surface area (Å²) < 4.78 is 76.5. The van der Waals surface area contributed by atoms with Gasteiger partial charge in [0, 0.05) is 12.1 Å². The number of rotatable bonds is 3. The molecule has 0 aliphatic heterocycles. The van der Waals surface area contributed by atoms with E-state index in [1.54, 1.807) is 0 Å². The number of nitro groups is 1. The third-order valence-corrected chi connectivity index (χ3v) is 1.76. The lowest BCUT2D eigenvalue weighted by Crippen LogP contribution is -2.46. The Morgan fingerprint density at radius 1 is 1.16 bits per heavy atom. The van der Waals surface area contributed by atoms with E-state index in [0.717, 1.165) is 0 Å². The number of alkyl halides is 6. The molecule has 0 fully saturated rings. The van der Waals surface area contributed by atoms with Crippen LogP contribution in [0, 0.1) is 10.1 Å². The molecule has 0 amide bonds. The summed E-state index contributed by atoms with van der Waals surface area (Å²) in [6.45, 7) is 0. The van der Waals surface area contributed by atoms with Crippen LogP contribution in [0.1, 0.15) is 0 Å². The number of nitrogens with zero attached hydrogens (tertiary/aromatic N) is 2. The Labute approximate surface area is 101 Å². The van der Waals surface area contributed by atoms with E-state index in [2.05, 4.69) is 9.72 Å². The fraction of sp³-hybridized carbons (Fsp3) is 0.375. The van der Waals surface area contributed by atoms with Gasteiger partial charge in [0.15, 0.2) is 0 Å². The van der Waals surface area contributed by atoms with Crippen molar-refractivity contribution in [1.29, 1.82) is 0 Å². The van der Waals surface area contributed by atoms with Crippen molar-refractivity contribution in [3.63, 3.8) is 0 Å². The van der Waals surface area contributed by atoms with E-state index < -0.39 is 34.9 Å². The highest BCUT2D eigenvalue weighted by Crippen LogP contribution is 2.36. The predicted octanol–water partition coefficient (Wildman–Crippen LogP) is 2.86. The summed E-state index contributed by atoms with van der Waals surface area (Å²) in [4.78, 5) is 12.3. The van der Waals surface area contributed by atoms with Crippen molar-refractivity contribution in [3.05, 3.63) is 28.4 Å². The number of hydrogen-bond acceptors (Lipinski definition) is 4. The van der Waals surface area contributed by atoms with Crippen LogP contribution in [0.3, 0.4) is 0 Å². The molecular formula is C8H4F6N2O3. The minimum absolute atomic E-state index is 0.485. The summed E-state index contributed by atoms with van der Waals surface area (Å²) in [6.07, 6.45) is -14.9. The van der Waals surface area contributed by atoms with Gasteiger partial charge in [0.1, 0.15) is 6.20 Å². The SMILES string of the molecule is O=[N+]([O-])c1ccc(OC(C(F)(F)F)C(F)(F)F)nc1. The highest BCUT2D eigenvalue weighted by atomic mass is 19.4. The first-order valence-electron chi connectivity index (χ1n) is 4.42. The van der Waals surface area contributed by atoms with Crippen LogP contribution in [0.4, 0.5) is 32.0 Å². The smallest absolute Gasteiger partial charge is 0.434 e. The highest BCUT2D eigenvalue weighted by molar-refractivity contribution is 5.29. The molecule has 0 saturated heterocycles. The molecule has 0 radical (unpaired) electrons. The molecule has 0 aliphatic carbocycles. The van der Waals surface area contributed by atoms with Crippen molar-refractivity contribution in [2.24, 2.45) is 0 Å². The molecule has 1 aromatic heterocycles. The van der Waals surface area contributed by atoms with Crippen LogP contribution >= 0.6 is 0 Å². The van der Waals surface area contributed by atoms with Gasteiger partial charge < -0.3 is 4.74 Å². The van der Waals surface area contributed by atoms with Crippen molar-refractivity contribution in [1.82, 2.24) is 4.98 Å². The number of halogens is 6. The minimum atomic E-state index is -5.68. The van der Waals surface area contributed by atoms with Gasteiger partial charge in [0.05, 0.1) is 4.92 Å². The molecule has 0 aromatic carbocycles. The molecule has 0 aliphatic rings. The summed E-state index contributed by atoms with van der Waals surface area (Å²) in [6, 6.07) is 1.22. The van der Waals surface area contributed by atoms with E-state index in [9.17, 15) is 36.5 Å². The quantitative estimate of drug-likeness (QED) is 0.488. The van der Waals surface area contributed by atoms with Gasteiger partial charge in [-0.1, -0.05) is 0 Å². The van der Waals surface area contributed by atoms with Crippen LogP contribution in [0.2, 0.25) is 0 Å². The predicted molar refractivity (Wildman–Crippen MR) is 47.4 cm³/mol. The summed E-state index contributed by atoms with van der Waals surface area (Å²) in [7, 11) is 0. The second-order valence-electron chi connectivity index (χ2n) is 3.19. The number of aromatic nitrogens is 1. The van der Waals surface area contributed by atoms with Crippen molar-refractivity contribution < 1.29 is 36.0 Å². The first-order valence-corrected chi connectivity index (χ1v) is 4.42. The van der Waals surface area contributed by atoms with Crippen LogP contribution in [-0.2, 0) is 0 Å². The van der Waals surface area contributed by atoms with Crippen molar-refractivity contribution in [3.8, 4) is 5.88 Å². The monoisotopic (exact) mass is 290 g/mol. The van der Waals surface area contributed by atoms with Crippen LogP contribution < -0.4 is 4.74 Å². The fourth-order valence-corrected chi connectivity index (χ4v) is 0.990. The van der Waals surface area contributed by atoms with Gasteiger partial charge in [-0.2, -0.15) is 26.3 Å². The van der Waals surface area contributed by atoms with Gasteiger partial charge in [-0.05, 0) is 0 Å². The maximum absolute atomic E-state index is 12.1. The van der Waals surface area contributed by atoms with Gasteiger partial charge in [-0.25, -0.2) is 4.98 Å². The molecule has 0 atom stereocenters. The van der Waals surface area contributed by atoms with Gasteiger partial charge in [-0.15, -0.1) is 0 Å². The normalized spacial score (nSPS) is 12.6. The van der Waals surface area contributed by atoms with Gasteiger partial charge in [0.25, 0.3) is 11.8 Å². The lowest BCUT2D eigenvalue weighted by Gasteiger charge is -2.23. The number of pyridine rings is 1. The maximum atomic E-state index is 12.1. The molecule has 0 spiro atoms. The third kappa shape index (κ3) is 3.96. The Kier molecular flexibility index (Phi) is 3.86. The van der Waals surface area contributed by atoms with E-state index in [0.29, 0.717) is 18.3 Å². The second-order valence-corrected chi connectivity index (χ2v) is 3.19. The van der Waals surface area contributed by atoms with Crippen molar-refractivity contribution in [2.45, 2.75) is 18.5 Å². The average Bonchev–Trinajstić information content (AvgIpc) is 2.23. The van der Waals surface area contributed by atoms with Gasteiger partial charge in [-0.3, -0.25) is 10.1 Å². The molecule has 0 N–H and O–H groups in total. The molecule has 106 valence electrons. The Morgan fingerprint density at radius 3 is 2.00 bits per heavy atom. The molecular weight excluding hydrogens is 286 g/mol. The zero-order valence-electron chi connectivity index (χ0n) is 8.70. The summed E-state index contributed by atoms with van der Waals surface area (Å²) in [5, 5.41) is 10.2. The lowest BCUT2D eigenvalue weighted by molar-refractivity contribution is -0.385. The van der Waals surface area contributed by atoms with Gasteiger partial charge >= 0.3 is 12.4 Å². The Hall–Kier alpha value is -2.07. The average molecular weight is 290 g/mol. The number of ether oxygens (including phenoxy) is 1. The zero-order chi connectivity index (χ0) is 14.8. The molecule has 1 rings (SSSR count). The van der Waals surface area contributed by atoms with Crippen LogP contribution in [0.25, 0.3) is 0 Å². The topological polar surface area (TPSA) is 65.3 Å². The molecule has 0 saturated carbocycles. The Balaban J connectivity index is 2.95. The Bertz CT molecular complexity index is 441. The summed E-state index contributed by atoms with van der Waals surface area (Å²) in [5.74, 6) is -1.02. The number of hydrogen-bond donors (Lipinski definition) is 0. The first-order chi connectivity index (χ1) is 8.51. The minimum Gasteiger partial charge on any atom is -0.455 e. The van der Waals surface area contributed by atoms with E-state index in [1.165, 1.54) is 0 Å². The Morgan fingerprint density at radius 2 is 1.68 bits per heavy atom. The van der Waals surface area contributed by atoms with Crippen LogP contribution in [0.5, 0.6) is 5.88 Å². The van der Waals surface area contributed by atoms with Gasteiger partial charge in [0.2, 0.25) is 5.88 Å². The maximum Gasteiger partial charge on any atom is 0.434 e. The van der Waals surface area contributed by atoms with Crippen LogP contribution in [0.15, 0.2) is 18.3 Å².